The molecule has 0 aliphatic rings. The first kappa shape index (κ1) is 25.1. The topological polar surface area (TPSA) is 86.7 Å². The zero-order chi connectivity index (χ0) is 23.5. The largest absolute Gasteiger partial charge is 0.480 e. The Kier molecular flexibility index (Phi) is 9.92. The Labute approximate surface area is 190 Å². The predicted molar refractivity (Wildman–Crippen MR) is 128 cm³/mol. The molecule has 6 heteroatoms. The third-order valence-corrected chi connectivity index (χ3v) is 5.44. The predicted octanol–water partition coefficient (Wildman–Crippen LogP) is 4.81. The summed E-state index contributed by atoms with van der Waals surface area (Å²) in [7, 11) is 1.80. The fourth-order valence-corrected chi connectivity index (χ4v) is 3.49. The van der Waals surface area contributed by atoms with Crippen molar-refractivity contribution in [3.8, 4) is 11.1 Å². The van der Waals surface area contributed by atoms with Crippen LogP contribution in [0.1, 0.15) is 57.9 Å². The van der Waals surface area contributed by atoms with Crippen molar-refractivity contribution in [3.63, 3.8) is 0 Å². The molecule has 6 nitrogen and oxygen atoms in total. The number of anilines is 1. The highest BCUT2D eigenvalue weighted by Crippen LogP contribution is 2.25. The van der Waals surface area contributed by atoms with Gasteiger partial charge in [0.2, 0.25) is 11.8 Å². The first-order valence-corrected chi connectivity index (χ1v) is 11.3. The maximum absolute atomic E-state index is 12.4. The van der Waals surface area contributed by atoms with Crippen LogP contribution in [0, 0.1) is 0 Å². The number of benzene rings is 2. The average Bonchev–Trinajstić information content (AvgIpc) is 2.79. The van der Waals surface area contributed by atoms with Crippen LogP contribution in [0.25, 0.3) is 11.1 Å². The first-order chi connectivity index (χ1) is 15.3. The van der Waals surface area contributed by atoms with Gasteiger partial charge in [-0.3, -0.25) is 9.59 Å². The number of hydrogen-bond acceptors (Lipinski definition) is 3. The molecule has 0 unspecified atom stereocenters. The SMILES string of the molecule is CCCCCC(=O)N(C)c1cccc(-c2ccc(C[C@H](NC(=O)CCC)C(=O)O)cc2)c1. The van der Waals surface area contributed by atoms with Gasteiger partial charge in [0.15, 0.2) is 0 Å². The van der Waals surface area contributed by atoms with E-state index in [-0.39, 0.29) is 18.2 Å². The molecule has 0 saturated carbocycles. The lowest BCUT2D eigenvalue weighted by Crippen LogP contribution is -2.42. The molecular formula is C26H34N2O4. The number of nitrogens with zero attached hydrogens (tertiary/aromatic N) is 1. The minimum atomic E-state index is -1.04. The Balaban J connectivity index is 2.09. The van der Waals surface area contributed by atoms with Crippen molar-refractivity contribution < 1.29 is 19.5 Å². The summed E-state index contributed by atoms with van der Waals surface area (Å²) in [5.74, 6) is -1.18. The fraction of sp³-hybridized carbons (Fsp3) is 0.423. The molecule has 2 aromatic carbocycles. The number of carbonyl (C=O) groups is 3. The Morgan fingerprint density at radius 2 is 1.66 bits per heavy atom. The van der Waals surface area contributed by atoms with Gasteiger partial charge in [0.05, 0.1) is 0 Å². The van der Waals surface area contributed by atoms with Gasteiger partial charge < -0.3 is 15.3 Å². The van der Waals surface area contributed by atoms with Gasteiger partial charge in [-0.15, -0.1) is 0 Å². The monoisotopic (exact) mass is 438 g/mol. The van der Waals surface area contributed by atoms with E-state index in [0.29, 0.717) is 19.3 Å². The first-order valence-electron chi connectivity index (χ1n) is 11.3. The quantitative estimate of drug-likeness (QED) is 0.466. The Bertz CT molecular complexity index is 908. The minimum Gasteiger partial charge on any atom is -0.480 e. The molecule has 2 N–H and O–H groups in total. The Morgan fingerprint density at radius 3 is 2.28 bits per heavy atom. The van der Waals surface area contributed by atoms with Crippen molar-refractivity contribution in [2.45, 2.75) is 64.8 Å². The smallest absolute Gasteiger partial charge is 0.326 e. The van der Waals surface area contributed by atoms with E-state index >= 15 is 0 Å². The van der Waals surface area contributed by atoms with E-state index in [1.807, 2.05) is 55.5 Å². The van der Waals surface area contributed by atoms with Crippen molar-refractivity contribution in [1.82, 2.24) is 5.32 Å². The molecule has 0 spiro atoms. The van der Waals surface area contributed by atoms with Gasteiger partial charge in [-0.1, -0.05) is 63.1 Å². The van der Waals surface area contributed by atoms with E-state index in [2.05, 4.69) is 12.2 Å². The fourth-order valence-electron chi connectivity index (χ4n) is 3.49. The number of aliphatic carboxylic acids is 1. The standard InChI is InChI=1S/C26H34N2O4/c1-4-6-7-12-25(30)28(3)22-11-8-10-21(18-22)20-15-13-19(14-16-20)17-23(26(31)32)27-24(29)9-5-2/h8,10-11,13-16,18,23H,4-7,9,12,17H2,1-3H3,(H,27,29)(H,31,32)/t23-/m0/s1. The molecule has 172 valence electrons. The maximum atomic E-state index is 12.4. The van der Waals surface area contributed by atoms with Crippen LogP contribution in [0.4, 0.5) is 5.69 Å². The summed E-state index contributed by atoms with van der Waals surface area (Å²) in [6.45, 7) is 4.00. The second-order valence-electron chi connectivity index (χ2n) is 8.07. The number of carboxylic acid groups (broad SMARTS) is 1. The van der Waals surface area contributed by atoms with E-state index < -0.39 is 12.0 Å². The molecule has 0 heterocycles. The van der Waals surface area contributed by atoms with Crippen LogP contribution in [0.15, 0.2) is 48.5 Å². The number of nitrogens with one attached hydrogen (secondary N) is 1. The van der Waals surface area contributed by atoms with E-state index in [0.717, 1.165) is 41.6 Å². The van der Waals surface area contributed by atoms with Crippen molar-refractivity contribution in [2.24, 2.45) is 0 Å². The molecule has 2 rings (SSSR count). The number of carboxylic acids is 1. The molecule has 0 aliphatic carbocycles. The lowest BCUT2D eigenvalue weighted by Gasteiger charge is -2.18. The summed E-state index contributed by atoms with van der Waals surface area (Å²) < 4.78 is 0. The maximum Gasteiger partial charge on any atom is 0.326 e. The van der Waals surface area contributed by atoms with E-state index in [1.165, 1.54) is 0 Å². The zero-order valence-corrected chi connectivity index (χ0v) is 19.3. The molecular weight excluding hydrogens is 404 g/mol. The second kappa shape index (κ2) is 12.6. The number of carbonyl (C=O) groups excluding carboxylic acids is 2. The van der Waals surface area contributed by atoms with E-state index in [9.17, 15) is 19.5 Å². The highest BCUT2D eigenvalue weighted by Gasteiger charge is 2.20. The summed E-state index contributed by atoms with van der Waals surface area (Å²) in [6, 6.07) is 14.5. The lowest BCUT2D eigenvalue weighted by molar-refractivity contribution is -0.141. The lowest BCUT2D eigenvalue weighted by atomic mass is 10.00. The molecule has 2 aromatic rings. The second-order valence-corrected chi connectivity index (χ2v) is 8.07. The van der Waals surface area contributed by atoms with E-state index in [1.54, 1.807) is 11.9 Å². The molecule has 32 heavy (non-hydrogen) atoms. The number of rotatable bonds is 12. The van der Waals surface area contributed by atoms with Crippen LogP contribution in [0.5, 0.6) is 0 Å². The van der Waals surface area contributed by atoms with Gasteiger partial charge in [-0.2, -0.15) is 0 Å². The van der Waals surface area contributed by atoms with Crippen molar-refractivity contribution in [3.05, 3.63) is 54.1 Å². The number of amides is 2. The van der Waals surface area contributed by atoms with Crippen molar-refractivity contribution >= 4 is 23.5 Å². The number of hydrogen-bond donors (Lipinski definition) is 2. The van der Waals surface area contributed by atoms with Gasteiger partial charge in [-0.05, 0) is 41.7 Å². The molecule has 0 saturated heterocycles. The van der Waals surface area contributed by atoms with Crippen LogP contribution in [0.3, 0.4) is 0 Å². The molecule has 0 fully saturated rings. The van der Waals surface area contributed by atoms with E-state index in [4.69, 9.17) is 0 Å². The van der Waals surface area contributed by atoms with Gasteiger partial charge in [0.1, 0.15) is 6.04 Å². The summed E-state index contributed by atoms with van der Waals surface area (Å²) in [5.41, 5.74) is 3.63. The third kappa shape index (κ3) is 7.52. The molecule has 0 aromatic heterocycles. The average molecular weight is 439 g/mol. The molecule has 0 bridgehead atoms. The van der Waals surface area contributed by atoms with Crippen LogP contribution in [-0.2, 0) is 20.8 Å². The van der Waals surface area contributed by atoms with Gasteiger partial charge in [-0.25, -0.2) is 4.79 Å². The van der Waals surface area contributed by atoms with Crippen LogP contribution in [-0.4, -0.2) is 36.0 Å². The Morgan fingerprint density at radius 1 is 0.938 bits per heavy atom. The molecule has 2 amide bonds. The van der Waals surface area contributed by atoms with Crippen molar-refractivity contribution in [1.29, 1.82) is 0 Å². The van der Waals surface area contributed by atoms with Gasteiger partial charge in [0, 0.05) is 32.0 Å². The molecule has 1 atom stereocenters. The Hall–Kier alpha value is -3.15. The van der Waals surface area contributed by atoms with Crippen LogP contribution >= 0.6 is 0 Å². The highest BCUT2D eigenvalue weighted by molar-refractivity contribution is 5.93. The van der Waals surface area contributed by atoms with Crippen LogP contribution in [0.2, 0.25) is 0 Å². The number of unbranched alkanes of at least 4 members (excludes halogenated alkanes) is 2. The van der Waals surface area contributed by atoms with Gasteiger partial charge >= 0.3 is 5.97 Å². The van der Waals surface area contributed by atoms with Gasteiger partial charge in [0.25, 0.3) is 0 Å². The van der Waals surface area contributed by atoms with Crippen LogP contribution < -0.4 is 10.2 Å². The highest BCUT2D eigenvalue weighted by atomic mass is 16.4. The summed E-state index contributed by atoms with van der Waals surface area (Å²) in [6.07, 6.45) is 4.79. The normalized spacial score (nSPS) is 11.6. The third-order valence-electron chi connectivity index (χ3n) is 5.44. The minimum absolute atomic E-state index is 0.107. The summed E-state index contributed by atoms with van der Waals surface area (Å²) in [4.78, 5) is 37.4. The summed E-state index contributed by atoms with van der Waals surface area (Å²) in [5, 5.41) is 12.0. The summed E-state index contributed by atoms with van der Waals surface area (Å²) >= 11 is 0. The molecule has 0 radical (unpaired) electrons. The van der Waals surface area contributed by atoms with Crippen molar-refractivity contribution in [2.75, 3.05) is 11.9 Å². The molecule has 0 aliphatic heterocycles. The zero-order valence-electron chi connectivity index (χ0n) is 19.3.